The first kappa shape index (κ1) is 21.6. The van der Waals surface area contributed by atoms with Crippen molar-refractivity contribution in [2.24, 2.45) is 0 Å². The average molecular weight is 383 g/mol. The van der Waals surface area contributed by atoms with Gasteiger partial charge in [0.05, 0.1) is 11.4 Å². The van der Waals surface area contributed by atoms with Gasteiger partial charge in [-0.05, 0) is 42.3 Å². The van der Waals surface area contributed by atoms with Gasteiger partial charge in [0.25, 0.3) is 0 Å². The molecule has 5 heteroatoms. The Morgan fingerprint density at radius 3 is 2.25 bits per heavy atom. The van der Waals surface area contributed by atoms with Gasteiger partial charge in [-0.15, -0.1) is 0 Å². The largest absolute Gasteiger partial charge is 0.399 e. The zero-order valence-corrected chi connectivity index (χ0v) is 17.0. The third-order valence-corrected chi connectivity index (χ3v) is 4.81. The van der Waals surface area contributed by atoms with Crippen LogP contribution in [-0.2, 0) is 11.3 Å². The minimum absolute atomic E-state index is 0.0304. The molecule has 0 atom stereocenters. The highest BCUT2D eigenvalue weighted by Gasteiger charge is 2.06. The zero-order valence-electron chi connectivity index (χ0n) is 17.0. The van der Waals surface area contributed by atoms with Crippen LogP contribution in [0.15, 0.2) is 42.5 Å². The number of carbonyl (C=O) groups is 1. The number of benzene rings is 2. The Balaban J connectivity index is 1.72. The first-order valence-electron chi connectivity index (χ1n) is 10.4. The molecule has 0 aliphatic carbocycles. The van der Waals surface area contributed by atoms with Gasteiger partial charge in [0.2, 0.25) is 5.91 Å². The van der Waals surface area contributed by atoms with Crippen molar-refractivity contribution in [1.82, 2.24) is 0 Å². The SMILES string of the molecule is CCCCCCCCCC(=O)Nc1ccc(NCc2ccc(N)cc2)cc1N. The van der Waals surface area contributed by atoms with Crippen molar-refractivity contribution < 1.29 is 4.79 Å². The van der Waals surface area contributed by atoms with Crippen molar-refractivity contribution in [3.63, 3.8) is 0 Å². The number of amides is 1. The average Bonchev–Trinajstić information content (AvgIpc) is 2.69. The van der Waals surface area contributed by atoms with Gasteiger partial charge < -0.3 is 22.1 Å². The molecule has 2 aromatic carbocycles. The van der Waals surface area contributed by atoms with Crippen molar-refractivity contribution in [2.75, 3.05) is 22.1 Å². The van der Waals surface area contributed by atoms with Gasteiger partial charge in [0.15, 0.2) is 0 Å². The Morgan fingerprint density at radius 1 is 0.893 bits per heavy atom. The summed E-state index contributed by atoms with van der Waals surface area (Å²) in [6, 6.07) is 13.4. The normalized spacial score (nSPS) is 10.6. The van der Waals surface area contributed by atoms with E-state index in [1.165, 1.54) is 32.1 Å². The van der Waals surface area contributed by atoms with Gasteiger partial charge in [0.1, 0.15) is 0 Å². The number of hydrogen-bond acceptors (Lipinski definition) is 4. The first-order valence-corrected chi connectivity index (χ1v) is 10.4. The Morgan fingerprint density at radius 2 is 1.57 bits per heavy atom. The third kappa shape index (κ3) is 7.91. The smallest absolute Gasteiger partial charge is 0.224 e. The van der Waals surface area contributed by atoms with Gasteiger partial charge in [-0.2, -0.15) is 0 Å². The summed E-state index contributed by atoms with van der Waals surface area (Å²) in [5.41, 5.74) is 15.9. The lowest BCUT2D eigenvalue weighted by molar-refractivity contribution is -0.116. The fourth-order valence-electron chi connectivity index (χ4n) is 3.08. The molecule has 0 fully saturated rings. The van der Waals surface area contributed by atoms with Crippen LogP contribution in [0.2, 0.25) is 0 Å². The quantitative estimate of drug-likeness (QED) is 0.286. The summed E-state index contributed by atoms with van der Waals surface area (Å²) < 4.78 is 0. The van der Waals surface area contributed by atoms with E-state index in [2.05, 4.69) is 17.6 Å². The predicted octanol–water partition coefficient (Wildman–Crippen LogP) is 5.54. The highest BCUT2D eigenvalue weighted by Crippen LogP contribution is 2.24. The van der Waals surface area contributed by atoms with Gasteiger partial charge in [-0.25, -0.2) is 0 Å². The number of anilines is 4. The molecule has 28 heavy (non-hydrogen) atoms. The summed E-state index contributed by atoms with van der Waals surface area (Å²) in [6.07, 6.45) is 8.95. The summed E-state index contributed by atoms with van der Waals surface area (Å²) in [5.74, 6) is 0.0304. The minimum atomic E-state index is 0.0304. The fraction of sp³-hybridized carbons (Fsp3) is 0.435. The van der Waals surface area contributed by atoms with E-state index in [0.29, 0.717) is 24.3 Å². The standard InChI is InChI=1S/C23H34N4O/c1-2-3-4-5-6-7-8-9-23(28)27-22-15-14-20(16-21(22)25)26-17-18-10-12-19(24)13-11-18/h10-16,26H,2-9,17,24-25H2,1H3,(H,27,28). The molecule has 0 aromatic heterocycles. The fourth-order valence-corrected chi connectivity index (χ4v) is 3.08. The number of nitrogen functional groups attached to an aromatic ring is 2. The number of nitrogens with two attached hydrogens (primary N) is 2. The van der Waals surface area contributed by atoms with Crippen LogP contribution in [0.3, 0.4) is 0 Å². The molecule has 152 valence electrons. The van der Waals surface area contributed by atoms with Crippen LogP contribution in [0, 0.1) is 0 Å². The monoisotopic (exact) mass is 382 g/mol. The van der Waals surface area contributed by atoms with E-state index in [0.717, 1.165) is 29.8 Å². The van der Waals surface area contributed by atoms with Crippen molar-refractivity contribution in [1.29, 1.82) is 0 Å². The summed E-state index contributed by atoms with van der Waals surface area (Å²) in [7, 11) is 0. The van der Waals surface area contributed by atoms with Crippen molar-refractivity contribution in [2.45, 2.75) is 64.8 Å². The van der Waals surface area contributed by atoms with Crippen LogP contribution in [0.1, 0.15) is 63.9 Å². The molecule has 0 spiro atoms. The van der Waals surface area contributed by atoms with Gasteiger partial charge in [-0.3, -0.25) is 4.79 Å². The molecule has 5 nitrogen and oxygen atoms in total. The molecular weight excluding hydrogens is 348 g/mol. The number of unbranched alkanes of at least 4 members (excludes halogenated alkanes) is 6. The Bertz CT molecular complexity index is 728. The number of rotatable bonds is 12. The van der Waals surface area contributed by atoms with E-state index in [1.807, 2.05) is 42.5 Å². The van der Waals surface area contributed by atoms with Crippen molar-refractivity contribution in [3.05, 3.63) is 48.0 Å². The van der Waals surface area contributed by atoms with Crippen LogP contribution in [0.25, 0.3) is 0 Å². The van der Waals surface area contributed by atoms with Crippen LogP contribution >= 0.6 is 0 Å². The highest BCUT2D eigenvalue weighted by molar-refractivity contribution is 5.94. The van der Waals surface area contributed by atoms with E-state index in [9.17, 15) is 4.79 Å². The van der Waals surface area contributed by atoms with Crippen LogP contribution in [0.4, 0.5) is 22.7 Å². The molecule has 2 rings (SSSR count). The molecule has 6 N–H and O–H groups in total. The lowest BCUT2D eigenvalue weighted by atomic mass is 10.1. The summed E-state index contributed by atoms with van der Waals surface area (Å²) in [6.45, 7) is 2.90. The van der Waals surface area contributed by atoms with Gasteiger partial charge in [-0.1, -0.05) is 57.6 Å². The second-order valence-electron chi connectivity index (χ2n) is 7.32. The van der Waals surface area contributed by atoms with E-state index < -0.39 is 0 Å². The first-order chi connectivity index (χ1) is 13.6. The van der Waals surface area contributed by atoms with E-state index in [1.54, 1.807) is 0 Å². The lowest BCUT2D eigenvalue weighted by Crippen LogP contribution is -2.12. The molecule has 0 saturated heterocycles. The summed E-state index contributed by atoms with van der Waals surface area (Å²) in [5, 5.41) is 6.25. The Labute approximate surface area is 168 Å². The van der Waals surface area contributed by atoms with Crippen LogP contribution < -0.4 is 22.1 Å². The molecule has 0 unspecified atom stereocenters. The zero-order chi connectivity index (χ0) is 20.2. The summed E-state index contributed by atoms with van der Waals surface area (Å²) in [4.78, 5) is 12.1. The Hall–Kier alpha value is -2.69. The molecular formula is C23H34N4O. The van der Waals surface area contributed by atoms with Crippen LogP contribution in [0.5, 0.6) is 0 Å². The van der Waals surface area contributed by atoms with E-state index >= 15 is 0 Å². The third-order valence-electron chi connectivity index (χ3n) is 4.81. The van der Waals surface area contributed by atoms with Gasteiger partial charge in [0, 0.05) is 24.3 Å². The molecule has 0 aliphatic heterocycles. The highest BCUT2D eigenvalue weighted by atomic mass is 16.1. The molecule has 0 radical (unpaired) electrons. The molecule has 0 aliphatic rings. The maximum Gasteiger partial charge on any atom is 0.224 e. The van der Waals surface area contributed by atoms with Crippen LogP contribution in [-0.4, -0.2) is 5.91 Å². The predicted molar refractivity (Wildman–Crippen MR) is 120 cm³/mol. The van der Waals surface area contributed by atoms with Crippen molar-refractivity contribution in [3.8, 4) is 0 Å². The summed E-state index contributed by atoms with van der Waals surface area (Å²) >= 11 is 0. The number of hydrogen-bond donors (Lipinski definition) is 4. The van der Waals surface area contributed by atoms with Gasteiger partial charge >= 0.3 is 0 Å². The second kappa shape index (κ2) is 11.9. The second-order valence-corrected chi connectivity index (χ2v) is 7.32. The number of nitrogens with one attached hydrogen (secondary N) is 2. The van der Waals surface area contributed by atoms with E-state index in [4.69, 9.17) is 11.5 Å². The van der Waals surface area contributed by atoms with E-state index in [-0.39, 0.29) is 5.91 Å². The van der Waals surface area contributed by atoms with Crippen molar-refractivity contribution >= 4 is 28.7 Å². The minimum Gasteiger partial charge on any atom is -0.399 e. The molecule has 1 amide bonds. The molecule has 0 heterocycles. The topological polar surface area (TPSA) is 93.2 Å². The Kier molecular flexibility index (Phi) is 9.19. The number of carbonyl (C=O) groups excluding carboxylic acids is 1. The molecule has 2 aromatic rings. The lowest BCUT2D eigenvalue weighted by Gasteiger charge is -2.12. The maximum absolute atomic E-state index is 12.1. The maximum atomic E-state index is 12.1. The molecule has 0 saturated carbocycles. The molecule has 0 bridgehead atoms.